The van der Waals surface area contributed by atoms with Crippen molar-refractivity contribution in [3.8, 4) is 0 Å². The van der Waals surface area contributed by atoms with Crippen molar-refractivity contribution in [3.63, 3.8) is 0 Å². The zero-order valence-electron chi connectivity index (χ0n) is 18.9. The van der Waals surface area contributed by atoms with Gasteiger partial charge in [0, 0.05) is 29.7 Å². The topological polar surface area (TPSA) is 82.2 Å². The lowest BCUT2D eigenvalue weighted by Gasteiger charge is -2.11. The van der Waals surface area contributed by atoms with Gasteiger partial charge in [0.05, 0.1) is 6.20 Å². The third kappa shape index (κ3) is 6.31. The Morgan fingerprint density at radius 2 is 1.71 bits per heavy atom. The first-order chi connectivity index (χ1) is 16.5. The highest BCUT2D eigenvalue weighted by Gasteiger charge is 2.08. The number of nitrogens with zero attached hydrogens (tertiary/aromatic N) is 3. The highest BCUT2D eigenvalue weighted by atomic mass is 35.5. The Kier molecular flexibility index (Phi) is 7.37. The largest absolute Gasteiger partial charge is 0.339 e. The average molecular weight is 473 g/mol. The smallest absolute Gasteiger partial charge is 0.248 e. The summed E-state index contributed by atoms with van der Waals surface area (Å²) in [7, 11) is 3.89. The van der Waals surface area contributed by atoms with E-state index in [0.29, 0.717) is 29.0 Å². The molecule has 34 heavy (non-hydrogen) atoms. The van der Waals surface area contributed by atoms with Crippen LogP contribution in [0, 0.1) is 0 Å². The van der Waals surface area contributed by atoms with Crippen LogP contribution in [0.3, 0.4) is 0 Å². The van der Waals surface area contributed by atoms with Gasteiger partial charge >= 0.3 is 0 Å². The van der Waals surface area contributed by atoms with Gasteiger partial charge in [-0.3, -0.25) is 4.79 Å². The molecule has 1 amide bonds. The SMILES string of the molecule is CN(C)C/C=C/C(=O)Nc1cccc(Nc2ncc(Cl)c(Nc3ccc4ccccc4c3)n2)c1. The van der Waals surface area contributed by atoms with Gasteiger partial charge < -0.3 is 20.9 Å². The van der Waals surface area contributed by atoms with E-state index in [1.165, 1.54) is 6.08 Å². The fourth-order valence-corrected chi connectivity index (χ4v) is 3.42. The van der Waals surface area contributed by atoms with Crippen LogP contribution >= 0.6 is 11.6 Å². The van der Waals surface area contributed by atoms with Gasteiger partial charge in [0.25, 0.3) is 0 Å². The summed E-state index contributed by atoms with van der Waals surface area (Å²) in [5.41, 5.74) is 2.26. The molecule has 8 heteroatoms. The highest BCUT2D eigenvalue weighted by Crippen LogP contribution is 2.27. The molecule has 0 spiro atoms. The molecule has 4 aromatic rings. The standard InChI is InChI=1S/C26H25ClN6O/c1-33(2)14-6-11-24(34)29-20-9-5-10-21(16-20)31-26-28-17-23(27)25(32-26)30-22-13-12-18-7-3-4-8-19(18)15-22/h3-13,15-17H,14H2,1-2H3,(H,29,34)(H2,28,30,31,32)/b11-6+. The normalized spacial score (nSPS) is 11.2. The van der Waals surface area contributed by atoms with Gasteiger partial charge in [-0.2, -0.15) is 4.98 Å². The van der Waals surface area contributed by atoms with Gasteiger partial charge in [-0.1, -0.05) is 54.1 Å². The summed E-state index contributed by atoms with van der Waals surface area (Å²) in [6.45, 7) is 0.693. The molecule has 4 rings (SSSR count). The molecule has 0 atom stereocenters. The molecule has 3 N–H and O–H groups in total. The summed E-state index contributed by atoms with van der Waals surface area (Å²) < 4.78 is 0. The van der Waals surface area contributed by atoms with Crippen molar-refractivity contribution in [3.05, 3.63) is 90.1 Å². The number of hydrogen-bond acceptors (Lipinski definition) is 6. The second kappa shape index (κ2) is 10.8. The first kappa shape index (κ1) is 23.2. The van der Waals surface area contributed by atoms with Crippen LogP contribution in [0.4, 0.5) is 28.8 Å². The monoisotopic (exact) mass is 472 g/mol. The van der Waals surface area contributed by atoms with Gasteiger partial charge in [-0.15, -0.1) is 0 Å². The number of anilines is 5. The fourth-order valence-electron chi connectivity index (χ4n) is 3.28. The summed E-state index contributed by atoms with van der Waals surface area (Å²) in [4.78, 5) is 22.9. The maximum absolute atomic E-state index is 12.1. The lowest BCUT2D eigenvalue weighted by molar-refractivity contribution is -0.111. The van der Waals surface area contributed by atoms with Gasteiger partial charge in [0.15, 0.2) is 5.82 Å². The van der Waals surface area contributed by atoms with Gasteiger partial charge in [-0.25, -0.2) is 4.98 Å². The molecular weight excluding hydrogens is 448 g/mol. The summed E-state index contributed by atoms with van der Waals surface area (Å²) >= 11 is 6.34. The molecular formula is C26H25ClN6O. The first-order valence-corrected chi connectivity index (χ1v) is 11.1. The van der Waals surface area contributed by atoms with Crippen molar-refractivity contribution in [1.82, 2.24) is 14.9 Å². The predicted molar refractivity (Wildman–Crippen MR) is 140 cm³/mol. The summed E-state index contributed by atoms with van der Waals surface area (Å²) in [5, 5.41) is 12.0. The predicted octanol–water partition coefficient (Wildman–Crippen LogP) is 5.83. The minimum absolute atomic E-state index is 0.191. The van der Waals surface area contributed by atoms with Crippen molar-refractivity contribution >= 4 is 57.1 Å². The third-order valence-electron chi connectivity index (χ3n) is 4.88. The molecule has 0 saturated carbocycles. The number of aromatic nitrogens is 2. The molecule has 0 saturated heterocycles. The van der Waals surface area contributed by atoms with E-state index in [1.54, 1.807) is 6.20 Å². The van der Waals surface area contributed by atoms with Gasteiger partial charge in [-0.05, 0) is 55.2 Å². The fraction of sp³-hybridized carbons (Fsp3) is 0.115. The number of likely N-dealkylation sites (N-methyl/N-ethyl adjacent to an activating group) is 1. The molecule has 0 bridgehead atoms. The quantitative estimate of drug-likeness (QED) is 0.280. The number of rotatable bonds is 8. The van der Waals surface area contributed by atoms with E-state index in [4.69, 9.17) is 11.6 Å². The van der Waals surface area contributed by atoms with Crippen molar-refractivity contribution in [2.45, 2.75) is 0 Å². The number of carbonyl (C=O) groups is 1. The van der Waals surface area contributed by atoms with Gasteiger partial charge in [0.2, 0.25) is 11.9 Å². The van der Waals surface area contributed by atoms with Crippen molar-refractivity contribution < 1.29 is 4.79 Å². The molecule has 0 aliphatic carbocycles. The molecule has 1 aromatic heterocycles. The maximum atomic E-state index is 12.1. The van der Waals surface area contributed by atoms with E-state index in [-0.39, 0.29) is 5.91 Å². The molecule has 0 aliphatic heterocycles. The molecule has 172 valence electrons. The molecule has 0 aliphatic rings. The first-order valence-electron chi connectivity index (χ1n) is 10.7. The van der Waals surface area contributed by atoms with Crippen LogP contribution in [0.15, 0.2) is 85.1 Å². The Labute approximate surface area is 203 Å². The minimum atomic E-state index is -0.191. The Morgan fingerprint density at radius 1 is 0.941 bits per heavy atom. The lowest BCUT2D eigenvalue weighted by Crippen LogP contribution is -2.13. The maximum Gasteiger partial charge on any atom is 0.248 e. The van der Waals surface area contributed by atoms with Crippen molar-refractivity contribution in [2.24, 2.45) is 0 Å². The second-order valence-electron chi connectivity index (χ2n) is 7.94. The number of fused-ring (bicyclic) bond motifs is 1. The number of carbonyl (C=O) groups excluding carboxylic acids is 1. The van der Waals surface area contributed by atoms with Crippen LogP contribution in [-0.4, -0.2) is 41.4 Å². The zero-order chi connectivity index (χ0) is 23.9. The molecule has 0 radical (unpaired) electrons. The molecule has 3 aromatic carbocycles. The van der Waals surface area contributed by atoms with Crippen LogP contribution < -0.4 is 16.0 Å². The van der Waals surface area contributed by atoms with Crippen LogP contribution in [0.5, 0.6) is 0 Å². The summed E-state index contributed by atoms with van der Waals surface area (Å²) in [6, 6.07) is 21.5. The second-order valence-corrected chi connectivity index (χ2v) is 8.34. The Hall–Kier alpha value is -3.94. The van der Waals surface area contributed by atoms with E-state index < -0.39 is 0 Å². The zero-order valence-corrected chi connectivity index (χ0v) is 19.7. The third-order valence-corrected chi connectivity index (χ3v) is 5.16. The molecule has 0 fully saturated rings. The van der Waals surface area contributed by atoms with E-state index >= 15 is 0 Å². The lowest BCUT2D eigenvalue weighted by atomic mass is 10.1. The van der Waals surface area contributed by atoms with Crippen LogP contribution in [0.1, 0.15) is 0 Å². The van der Waals surface area contributed by atoms with Crippen LogP contribution in [-0.2, 0) is 4.79 Å². The molecule has 7 nitrogen and oxygen atoms in total. The van der Waals surface area contributed by atoms with Crippen LogP contribution in [0.25, 0.3) is 10.8 Å². The molecule has 0 unspecified atom stereocenters. The summed E-state index contributed by atoms with van der Waals surface area (Å²) in [5.74, 6) is 0.676. The average Bonchev–Trinajstić information content (AvgIpc) is 2.81. The van der Waals surface area contributed by atoms with Crippen molar-refractivity contribution in [2.75, 3.05) is 36.6 Å². The van der Waals surface area contributed by atoms with E-state index in [2.05, 4.69) is 38.1 Å². The number of nitrogens with one attached hydrogen (secondary N) is 3. The number of hydrogen-bond donors (Lipinski definition) is 3. The summed E-state index contributed by atoms with van der Waals surface area (Å²) in [6.07, 6.45) is 4.87. The Morgan fingerprint density at radius 3 is 2.53 bits per heavy atom. The molecule has 1 heterocycles. The Balaban J connectivity index is 1.46. The van der Waals surface area contributed by atoms with Crippen molar-refractivity contribution in [1.29, 1.82) is 0 Å². The highest BCUT2D eigenvalue weighted by molar-refractivity contribution is 6.32. The van der Waals surface area contributed by atoms with E-state index in [0.717, 1.165) is 22.1 Å². The Bertz CT molecular complexity index is 1340. The van der Waals surface area contributed by atoms with Crippen LogP contribution in [0.2, 0.25) is 5.02 Å². The van der Waals surface area contributed by atoms with E-state index in [9.17, 15) is 4.79 Å². The number of benzene rings is 3. The number of halogens is 1. The van der Waals surface area contributed by atoms with E-state index in [1.807, 2.05) is 79.7 Å². The minimum Gasteiger partial charge on any atom is -0.339 e. The van der Waals surface area contributed by atoms with Gasteiger partial charge in [0.1, 0.15) is 5.02 Å². The number of amides is 1.